The Kier molecular flexibility index (Phi) is 3.80. The fraction of sp³-hybridized carbons (Fsp3) is 0.167. The Morgan fingerprint density at radius 2 is 1.86 bits per heavy atom. The maximum atomic E-state index is 5.05. The van der Waals surface area contributed by atoms with Crippen molar-refractivity contribution in [3.8, 4) is 5.75 Å². The normalized spacial score (nSPS) is 10.1. The fourth-order valence-corrected chi connectivity index (χ4v) is 0.972. The van der Waals surface area contributed by atoms with Gasteiger partial charge in [-0.15, -0.1) is 0 Å². The van der Waals surface area contributed by atoms with E-state index < -0.39 is 0 Å². The Labute approximate surface area is 84.5 Å². The first-order chi connectivity index (χ1) is 6.76. The Bertz CT molecular complexity index is 323. The number of rotatable bonds is 4. The molecule has 0 fully saturated rings. The summed E-state index contributed by atoms with van der Waals surface area (Å²) in [6.45, 7) is 3.69. The summed E-state index contributed by atoms with van der Waals surface area (Å²) in [6.07, 6.45) is 3.76. The van der Waals surface area contributed by atoms with Gasteiger partial charge >= 0.3 is 0 Å². The highest BCUT2D eigenvalue weighted by Crippen LogP contribution is 2.12. The second-order valence-corrected chi connectivity index (χ2v) is 2.78. The minimum Gasteiger partial charge on any atom is -0.497 e. The van der Waals surface area contributed by atoms with Gasteiger partial charge in [0.2, 0.25) is 0 Å². The maximum absolute atomic E-state index is 5.05. The Morgan fingerprint density at radius 1 is 1.21 bits per heavy atom. The average molecular weight is 190 g/mol. The molecular formula is C12H14O2. The average Bonchev–Trinajstić information content (AvgIpc) is 2.26. The number of hydrogen-bond donors (Lipinski definition) is 0. The molecule has 1 aromatic rings. The van der Waals surface area contributed by atoms with Gasteiger partial charge in [0.25, 0.3) is 0 Å². The highest BCUT2D eigenvalue weighted by atomic mass is 16.5. The Balaban J connectivity index is 2.68. The van der Waals surface area contributed by atoms with Crippen molar-refractivity contribution in [1.29, 1.82) is 0 Å². The molecule has 0 atom stereocenters. The van der Waals surface area contributed by atoms with Gasteiger partial charge in [-0.05, 0) is 23.8 Å². The summed E-state index contributed by atoms with van der Waals surface area (Å²) in [5.74, 6) is 1.49. The number of allylic oxidation sites excluding steroid dienone is 1. The lowest BCUT2D eigenvalue weighted by molar-refractivity contribution is 0.309. The summed E-state index contributed by atoms with van der Waals surface area (Å²) in [4.78, 5) is 0. The van der Waals surface area contributed by atoms with Crippen molar-refractivity contribution in [2.75, 3.05) is 14.2 Å². The van der Waals surface area contributed by atoms with Crippen LogP contribution in [0.25, 0.3) is 6.08 Å². The van der Waals surface area contributed by atoms with Crippen molar-refractivity contribution in [2.24, 2.45) is 0 Å². The van der Waals surface area contributed by atoms with Gasteiger partial charge in [-0.25, -0.2) is 0 Å². The van der Waals surface area contributed by atoms with Crippen LogP contribution in [0, 0.1) is 0 Å². The van der Waals surface area contributed by atoms with E-state index in [1.165, 1.54) is 0 Å². The third-order valence-corrected chi connectivity index (χ3v) is 1.84. The molecule has 0 aliphatic carbocycles. The third-order valence-electron chi connectivity index (χ3n) is 1.84. The van der Waals surface area contributed by atoms with Crippen molar-refractivity contribution in [3.63, 3.8) is 0 Å². The Morgan fingerprint density at radius 3 is 2.36 bits per heavy atom. The monoisotopic (exact) mass is 190 g/mol. The summed E-state index contributed by atoms with van der Waals surface area (Å²) < 4.78 is 9.96. The lowest BCUT2D eigenvalue weighted by Crippen LogP contribution is -1.82. The quantitative estimate of drug-likeness (QED) is 0.537. The van der Waals surface area contributed by atoms with Crippen LogP contribution in [0.15, 0.2) is 42.7 Å². The zero-order chi connectivity index (χ0) is 10.4. The molecule has 0 unspecified atom stereocenters. The van der Waals surface area contributed by atoms with Crippen molar-refractivity contribution >= 4 is 6.08 Å². The molecular weight excluding hydrogens is 176 g/mol. The fourth-order valence-electron chi connectivity index (χ4n) is 0.972. The van der Waals surface area contributed by atoms with E-state index in [2.05, 4.69) is 6.58 Å². The summed E-state index contributed by atoms with van der Waals surface area (Å²) in [6, 6.07) is 7.76. The molecule has 74 valence electrons. The first kappa shape index (κ1) is 10.4. The highest BCUT2D eigenvalue weighted by Gasteiger charge is 1.90. The van der Waals surface area contributed by atoms with Gasteiger partial charge in [0.05, 0.1) is 14.2 Å². The van der Waals surface area contributed by atoms with E-state index in [1.807, 2.05) is 36.4 Å². The van der Waals surface area contributed by atoms with Crippen LogP contribution in [-0.2, 0) is 4.74 Å². The molecule has 0 radical (unpaired) electrons. The number of methoxy groups -OCH3 is 2. The molecule has 0 saturated heterocycles. The minimum absolute atomic E-state index is 0.640. The number of ether oxygens (including phenoxy) is 2. The minimum atomic E-state index is 0.640. The summed E-state index contributed by atoms with van der Waals surface area (Å²) in [7, 11) is 3.25. The second kappa shape index (κ2) is 5.12. The first-order valence-electron chi connectivity index (χ1n) is 4.31. The molecule has 0 amide bonds. The molecule has 0 aliphatic heterocycles. The van der Waals surface area contributed by atoms with Crippen molar-refractivity contribution < 1.29 is 9.47 Å². The standard InChI is InChI=1S/C12H14O2/c1-10(13-2)4-5-11-6-8-12(14-3)9-7-11/h4-9H,1H2,2-3H3/b5-4+. The van der Waals surface area contributed by atoms with Crippen molar-refractivity contribution in [1.82, 2.24) is 0 Å². The maximum Gasteiger partial charge on any atom is 0.118 e. The van der Waals surface area contributed by atoms with Gasteiger partial charge < -0.3 is 9.47 Å². The lowest BCUT2D eigenvalue weighted by Gasteiger charge is -1.99. The smallest absolute Gasteiger partial charge is 0.118 e. The molecule has 0 N–H and O–H groups in total. The predicted octanol–water partition coefficient (Wildman–Crippen LogP) is 2.87. The lowest BCUT2D eigenvalue weighted by atomic mass is 10.2. The molecule has 0 aliphatic rings. The van der Waals surface area contributed by atoms with Crippen molar-refractivity contribution in [3.05, 3.63) is 48.2 Å². The zero-order valence-electron chi connectivity index (χ0n) is 8.49. The summed E-state index contributed by atoms with van der Waals surface area (Å²) >= 11 is 0. The van der Waals surface area contributed by atoms with E-state index in [4.69, 9.17) is 9.47 Å². The van der Waals surface area contributed by atoms with Crippen LogP contribution in [0.4, 0.5) is 0 Å². The number of hydrogen-bond acceptors (Lipinski definition) is 2. The van der Waals surface area contributed by atoms with E-state index >= 15 is 0 Å². The van der Waals surface area contributed by atoms with Crippen LogP contribution in [0.5, 0.6) is 5.75 Å². The molecule has 2 nitrogen and oxygen atoms in total. The van der Waals surface area contributed by atoms with Gasteiger partial charge in [-0.2, -0.15) is 0 Å². The van der Waals surface area contributed by atoms with E-state index in [9.17, 15) is 0 Å². The Hall–Kier alpha value is -1.70. The van der Waals surface area contributed by atoms with Crippen LogP contribution in [0.3, 0.4) is 0 Å². The van der Waals surface area contributed by atoms with Crippen LogP contribution >= 0.6 is 0 Å². The van der Waals surface area contributed by atoms with E-state index in [0.29, 0.717) is 5.76 Å². The van der Waals surface area contributed by atoms with Gasteiger partial charge in [0.15, 0.2) is 0 Å². The van der Waals surface area contributed by atoms with E-state index in [0.717, 1.165) is 11.3 Å². The molecule has 0 heterocycles. The summed E-state index contributed by atoms with van der Waals surface area (Å²) in [5, 5.41) is 0. The molecule has 1 rings (SSSR count). The second-order valence-electron chi connectivity index (χ2n) is 2.78. The van der Waals surface area contributed by atoms with Crippen LogP contribution in [0.1, 0.15) is 5.56 Å². The third kappa shape index (κ3) is 2.98. The first-order valence-corrected chi connectivity index (χ1v) is 4.31. The zero-order valence-corrected chi connectivity index (χ0v) is 8.49. The van der Waals surface area contributed by atoms with Gasteiger partial charge in [0.1, 0.15) is 11.5 Å². The van der Waals surface area contributed by atoms with Gasteiger partial charge in [-0.3, -0.25) is 0 Å². The molecule has 1 aromatic carbocycles. The predicted molar refractivity (Wildman–Crippen MR) is 58.2 cm³/mol. The highest BCUT2D eigenvalue weighted by molar-refractivity contribution is 5.52. The molecule has 2 heteroatoms. The van der Waals surface area contributed by atoms with Crippen molar-refractivity contribution in [2.45, 2.75) is 0 Å². The molecule has 0 saturated carbocycles. The molecule has 0 aromatic heterocycles. The number of benzene rings is 1. The molecule has 14 heavy (non-hydrogen) atoms. The van der Waals surface area contributed by atoms with Crippen LogP contribution in [0.2, 0.25) is 0 Å². The van der Waals surface area contributed by atoms with Gasteiger partial charge in [-0.1, -0.05) is 24.8 Å². The SMILES string of the molecule is C=C(/C=C/c1ccc(OC)cc1)OC. The van der Waals surface area contributed by atoms with Crippen LogP contribution < -0.4 is 4.74 Å². The molecule has 0 spiro atoms. The van der Waals surface area contributed by atoms with Crippen LogP contribution in [-0.4, -0.2) is 14.2 Å². The summed E-state index contributed by atoms with van der Waals surface area (Å²) in [5.41, 5.74) is 1.09. The van der Waals surface area contributed by atoms with E-state index in [1.54, 1.807) is 14.2 Å². The van der Waals surface area contributed by atoms with E-state index in [-0.39, 0.29) is 0 Å². The largest absolute Gasteiger partial charge is 0.497 e. The molecule has 0 bridgehead atoms. The van der Waals surface area contributed by atoms with Gasteiger partial charge in [0, 0.05) is 0 Å². The topological polar surface area (TPSA) is 18.5 Å².